The molecule has 134 valence electrons. The summed E-state index contributed by atoms with van der Waals surface area (Å²) in [5.74, 6) is 2.14. The summed E-state index contributed by atoms with van der Waals surface area (Å²) >= 11 is 0. The van der Waals surface area contributed by atoms with Crippen molar-refractivity contribution in [2.45, 2.75) is 52.6 Å². The molecule has 0 N–H and O–H groups in total. The molecule has 4 rings (SSSR count). The van der Waals surface area contributed by atoms with E-state index in [9.17, 15) is 9.59 Å². The third-order valence-corrected chi connectivity index (χ3v) is 5.19. The van der Waals surface area contributed by atoms with Crippen molar-refractivity contribution in [2.24, 2.45) is 5.92 Å². The summed E-state index contributed by atoms with van der Waals surface area (Å²) < 4.78 is 8.47. The van der Waals surface area contributed by atoms with E-state index < -0.39 is 0 Å². The van der Waals surface area contributed by atoms with Crippen LogP contribution in [0.2, 0.25) is 0 Å². The summed E-state index contributed by atoms with van der Waals surface area (Å²) in [6.07, 6.45) is 3.28. The molecule has 0 radical (unpaired) electrons. The van der Waals surface area contributed by atoms with E-state index in [0.717, 1.165) is 23.6 Å². The number of amides is 1. The molecule has 8 nitrogen and oxygen atoms in total. The summed E-state index contributed by atoms with van der Waals surface area (Å²) in [5, 5.41) is 8.40. The van der Waals surface area contributed by atoms with Gasteiger partial charge in [0.05, 0.1) is 12.1 Å². The molecule has 3 heterocycles. The lowest BCUT2D eigenvalue weighted by Gasteiger charge is -2.20. The van der Waals surface area contributed by atoms with Crippen LogP contribution in [0.5, 0.6) is 0 Å². The Bertz CT molecular complexity index is 839. The van der Waals surface area contributed by atoms with Crippen molar-refractivity contribution in [3.8, 4) is 0 Å². The topological polar surface area (TPSA) is 86.2 Å². The maximum Gasteiger partial charge on any atom is 0.345 e. The van der Waals surface area contributed by atoms with Crippen LogP contribution in [0.15, 0.2) is 9.32 Å². The maximum atomic E-state index is 12.6. The Balaban J connectivity index is 1.45. The van der Waals surface area contributed by atoms with E-state index >= 15 is 0 Å². The second kappa shape index (κ2) is 6.16. The van der Waals surface area contributed by atoms with Crippen LogP contribution in [-0.4, -0.2) is 43.4 Å². The Kier molecular flexibility index (Phi) is 3.97. The van der Waals surface area contributed by atoms with Gasteiger partial charge in [-0.05, 0) is 32.6 Å². The molecular formula is C17H23N5O3. The van der Waals surface area contributed by atoms with Crippen molar-refractivity contribution < 1.29 is 9.32 Å². The van der Waals surface area contributed by atoms with Gasteiger partial charge in [-0.2, -0.15) is 5.10 Å². The van der Waals surface area contributed by atoms with Crippen molar-refractivity contribution in [3.05, 3.63) is 33.3 Å². The summed E-state index contributed by atoms with van der Waals surface area (Å²) in [5.41, 5.74) is 1.58. The molecule has 2 aromatic rings. The first kappa shape index (κ1) is 16.1. The third kappa shape index (κ3) is 3.12. The second-order valence-electron chi connectivity index (χ2n) is 7.09. The number of hydrogen-bond donors (Lipinski definition) is 0. The van der Waals surface area contributed by atoms with Crippen molar-refractivity contribution in [1.29, 1.82) is 0 Å². The summed E-state index contributed by atoms with van der Waals surface area (Å²) in [6, 6.07) is 0. The normalized spacial score (nSPS) is 17.4. The molecule has 1 fully saturated rings. The molecule has 0 aromatic carbocycles. The van der Waals surface area contributed by atoms with Gasteiger partial charge in [-0.3, -0.25) is 9.36 Å². The van der Waals surface area contributed by atoms with Gasteiger partial charge in [-0.1, -0.05) is 5.16 Å². The highest BCUT2D eigenvalue weighted by Gasteiger charge is 2.27. The van der Waals surface area contributed by atoms with Gasteiger partial charge in [0.25, 0.3) is 0 Å². The Morgan fingerprint density at radius 2 is 2.04 bits per heavy atom. The molecule has 1 aliphatic carbocycles. The highest BCUT2D eigenvalue weighted by molar-refractivity contribution is 5.79. The molecule has 0 saturated heterocycles. The Morgan fingerprint density at radius 1 is 1.24 bits per heavy atom. The molecule has 0 atom stereocenters. The van der Waals surface area contributed by atoms with Gasteiger partial charge in [-0.15, -0.1) is 0 Å². The quantitative estimate of drug-likeness (QED) is 0.814. The molecular weight excluding hydrogens is 322 g/mol. The summed E-state index contributed by atoms with van der Waals surface area (Å²) in [7, 11) is 0. The van der Waals surface area contributed by atoms with Gasteiger partial charge in [-0.25, -0.2) is 9.48 Å². The second-order valence-corrected chi connectivity index (χ2v) is 7.09. The number of carbonyl (C=O) groups excluding carboxylic acids is 1. The zero-order chi connectivity index (χ0) is 17.6. The number of aromatic nitrogens is 4. The molecule has 0 unspecified atom stereocenters. The lowest BCUT2D eigenvalue weighted by molar-refractivity contribution is -0.130. The molecule has 1 saturated carbocycles. The van der Waals surface area contributed by atoms with Crippen LogP contribution in [0.25, 0.3) is 0 Å². The molecule has 2 aliphatic rings. The minimum atomic E-state index is -0.0399. The van der Waals surface area contributed by atoms with E-state index in [4.69, 9.17) is 4.52 Å². The van der Waals surface area contributed by atoms with E-state index in [0.29, 0.717) is 37.7 Å². The van der Waals surface area contributed by atoms with Crippen molar-refractivity contribution >= 4 is 5.91 Å². The Hall–Kier alpha value is -2.38. The highest BCUT2D eigenvalue weighted by atomic mass is 16.5. The van der Waals surface area contributed by atoms with Crippen LogP contribution < -0.4 is 5.69 Å². The first-order valence-corrected chi connectivity index (χ1v) is 8.89. The molecule has 8 heteroatoms. The summed E-state index contributed by atoms with van der Waals surface area (Å²) in [6.45, 7) is 6.02. The fraction of sp³-hybridized carbons (Fsp3) is 0.647. The zero-order valence-electron chi connectivity index (χ0n) is 14.7. The van der Waals surface area contributed by atoms with Gasteiger partial charge >= 0.3 is 5.69 Å². The molecule has 1 amide bonds. The van der Waals surface area contributed by atoms with Gasteiger partial charge in [0, 0.05) is 38.2 Å². The van der Waals surface area contributed by atoms with Crippen LogP contribution in [0.4, 0.5) is 0 Å². The third-order valence-electron chi connectivity index (χ3n) is 5.19. The molecule has 0 bridgehead atoms. The number of carbonyl (C=O) groups is 1. The van der Waals surface area contributed by atoms with E-state index in [1.807, 2.05) is 18.7 Å². The van der Waals surface area contributed by atoms with Crippen LogP contribution in [0, 0.1) is 19.8 Å². The van der Waals surface area contributed by atoms with Crippen LogP contribution in [0.1, 0.15) is 35.7 Å². The number of rotatable bonds is 4. The minimum Gasteiger partial charge on any atom is -0.361 e. The van der Waals surface area contributed by atoms with Crippen molar-refractivity contribution in [3.63, 3.8) is 0 Å². The van der Waals surface area contributed by atoms with Crippen LogP contribution in [0.3, 0.4) is 0 Å². The fourth-order valence-electron chi connectivity index (χ4n) is 3.39. The smallest absolute Gasteiger partial charge is 0.345 e. The lowest BCUT2D eigenvalue weighted by Crippen LogP contribution is -2.36. The molecule has 2 aromatic heterocycles. The minimum absolute atomic E-state index is 0.0399. The summed E-state index contributed by atoms with van der Waals surface area (Å²) in [4.78, 5) is 26.9. The SMILES string of the molecule is Cc1noc(C)c1CC(=O)N1CCc2nn(CC3CC3)c(=O)n2CC1. The van der Waals surface area contributed by atoms with Crippen molar-refractivity contribution in [2.75, 3.05) is 13.1 Å². The standard InChI is InChI=1S/C17H23N5O3/c1-11-14(12(2)25-19-11)9-16(23)20-6-5-15-18-22(10-13-3-4-13)17(24)21(15)8-7-20/h13H,3-10H2,1-2H3. The first-order chi connectivity index (χ1) is 12.0. The first-order valence-electron chi connectivity index (χ1n) is 8.89. The van der Waals surface area contributed by atoms with Crippen LogP contribution in [-0.2, 0) is 30.7 Å². The predicted molar refractivity (Wildman–Crippen MR) is 89.2 cm³/mol. The molecule has 1 aliphatic heterocycles. The van der Waals surface area contributed by atoms with Gasteiger partial charge in [0.1, 0.15) is 11.6 Å². The van der Waals surface area contributed by atoms with E-state index in [-0.39, 0.29) is 18.0 Å². The van der Waals surface area contributed by atoms with E-state index in [1.165, 1.54) is 12.8 Å². The lowest BCUT2D eigenvalue weighted by atomic mass is 10.1. The molecule has 25 heavy (non-hydrogen) atoms. The van der Waals surface area contributed by atoms with Gasteiger partial charge in [0.2, 0.25) is 5.91 Å². The average molecular weight is 345 g/mol. The average Bonchev–Trinajstić information content (AvgIpc) is 3.33. The predicted octanol–water partition coefficient (Wildman–Crippen LogP) is 0.687. The number of fused-ring (bicyclic) bond motifs is 1. The number of nitrogens with zero attached hydrogens (tertiary/aromatic N) is 5. The van der Waals surface area contributed by atoms with Crippen LogP contribution >= 0.6 is 0 Å². The van der Waals surface area contributed by atoms with E-state index in [2.05, 4.69) is 10.3 Å². The monoisotopic (exact) mass is 345 g/mol. The Labute approximate surface area is 145 Å². The van der Waals surface area contributed by atoms with Gasteiger partial charge < -0.3 is 9.42 Å². The van der Waals surface area contributed by atoms with Gasteiger partial charge in [0.15, 0.2) is 0 Å². The Morgan fingerprint density at radius 3 is 2.72 bits per heavy atom. The highest BCUT2D eigenvalue weighted by Crippen LogP contribution is 2.29. The molecule has 0 spiro atoms. The van der Waals surface area contributed by atoms with E-state index in [1.54, 1.807) is 9.25 Å². The maximum absolute atomic E-state index is 12.6. The number of hydrogen-bond acceptors (Lipinski definition) is 5. The fourth-order valence-corrected chi connectivity index (χ4v) is 3.39. The van der Waals surface area contributed by atoms with Crippen molar-refractivity contribution in [1.82, 2.24) is 24.4 Å². The largest absolute Gasteiger partial charge is 0.361 e. The number of aryl methyl sites for hydroxylation is 2. The zero-order valence-corrected chi connectivity index (χ0v) is 14.7.